The molecular weight excluding hydrogens is 749 g/mol. The maximum absolute atomic E-state index is 14.3. The summed E-state index contributed by atoms with van der Waals surface area (Å²) in [6.07, 6.45) is 1.33. The van der Waals surface area contributed by atoms with Gasteiger partial charge in [0.2, 0.25) is 17.7 Å². The Morgan fingerprint density at radius 3 is 2.19 bits per heavy atom. The standard InChI is InChI=1S/C42H66N6O8S/c1-12-27(6)35(47(9)41(52)34(25(2)3)46-39(51)36(26(4)5)56-42(53)43-8)32(54-10)24-33(49)48-21-16-19-31(48)37(55-11)28(7)38(50)45-30(40-44-20-22-57-40)23-29-17-14-13-15-18-29/h13-15,17-18,20,22,25-28,30-32,34-37H,12,16,19,21,23-24H2,1-11H3,(H,43,53)(H,45,50)(H,46,51)/t27-,28+,30-,31-,32+,34-,35-,36-,37+/m0/s1. The van der Waals surface area contributed by atoms with Crippen molar-refractivity contribution in [2.75, 3.05) is 34.9 Å². The number of likely N-dealkylation sites (N-methyl/N-ethyl adjacent to an activating group) is 1. The Morgan fingerprint density at radius 2 is 1.65 bits per heavy atom. The van der Waals surface area contributed by atoms with Crippen molar-refractivity contribution in [2.45, 2.75) is 123 Å². The van der Waals surface area contributed by atoms with Gasteiger partial charge in [-0.25, -0.2) is 9.78 Å². The number of aromatic nitrogens is 1. The molecule has 9 atom stereocenters. The highest BCUT2D eigenvalue weighted by molar-refractivity contribution is 7.09. The molecule has 1 aromatic heterocycles. The molecule has 14 nitrogen and oxygen atoms in total. The summed E-state index contributed by atoms with van der Waals surface area (Å²) < 4.78 is 17.4. The van der Waals surface area contributed by atoms with Gasteiger partial charge in [0.1, 0.15) is 11.0 Å². The number of nitrogens with zero attached hydrogens (tertiary/aromatic N) is 3. The van der Waals surface area contributed by atoms with Crippen LogP contribution in [0.3, 0.4) is 0 Å². The van der Waals surface area contributed by atoms with E-state index >= 15 is 0 Å². The van der Waals surface area contributed by atoms with Crippen molar-refractivity contribution >= 4 is 41.1 Å². The van der Waals surface area contributed by atoms with E-state index in [2.05, 4.69) is 20.9 Å². The molecule has 318 valence electrons. The third kappa shape index (κ3) is 12.7. The van der Waals surface area contributed by atoms with Crippen molar-refractivity contribution in [2.24, 2.45) is 23.7 Å². The molecule has 1 aliphatic rings. The van der Waals surface area contributed by atoms with Crippen LogP contribution < -0.4 is 16.0 Å². The minimum absolute atomic E-state index is 0.00602. The van der Waals surface area contributed by atoms with Crippen LogP contribution in [0, 0.1) is 23.7 Å². The topological polar surface area (TPSA) is 168 Å². The van der Waals surface area contributed by atoms with Gasteiger partial charge in [0.15, 0.2) is 6.10 Å². The fraction of sp³-hybridized carbons (Fsp3) is 0.667. The molecule has 0 unspecified atom stereocenters. The van der Waals surface area contributed by atoms with Gasteiger partial charge in [0.05, 0.1) is 42.7 Å². The van der Waals surface area contributed by atoms with E-state index in [9.17, 15) is 24.0 Å². The lowest BCUT2D eigenvalue weighted by atomic mass is 9.89. The highest BCUT2D eigenvalue weighted by Crippen LogP contribution is 2.30. The zero-order chi connectivity index (χ0) is 42.4. The molecule has 2 heterocycles. The highest BCUT2D eigenvalue weighted by atomic mass is 32.1. The van der Waals surface area contributed by atoms with Gasteiger partial charge in [-0.15, -0.1) is 11.3 Å². The largest absolute Gasteiger partial charge is 0.436 e. The predicted molar refractivity (Wildman–Crippen MR) is 220 cm³/mol. The molecule has 1 saturated heterocycles. The third-order valence-corrected chi connectivity index (χ3v) is 12.0. The number of rotatable bonds is 21. The minimum atomic E-state index is -1.11. The van der Waals surface area contributed by atoms with Gasteiger partial charge >= 0.3 is 6.09 Å². The monoisotopic (exact) mass is 814 g/mol. The van der Waals surface area contributed by atoms with Crippen LogP contribution in [0.1, 0.15) is 90.8 Å². The first kappa shape index (κ1) is 47.3. The first-order valence-corrected chi connectivity index (χ1v) is 21.0. The Labute approximate surface area is 343 Å². The van der Waals surface area contributed by atoms with Gasteiger partial charge in [-0.1, -0.05) is 85.2 Å². The van der Waals surface area contributed by atoms with Crippen LogP contribution >= 0.6 is 11.3 Å². The minimum Gasteiger partial charge on any atom is -0.436 e. The average Bonchev–Trinajstić information content (AvgIpc) is 3.92. The molecule has 1 aliphatic heterocycles. The summed E-state index contributed by atoms with van der Waals surface area (Å²) in [5.41, 5.74) is 1.08. The summed E-state index contributed by atoms with van der Waals surface area (Å²) in [6.45, 7) is 13.5. The second kappa shape index (κ2) is 22.8. The fourth-order valence-corrected chi connectivity index (χ4v) is 8.39. The number of carbonyl (C=O) groups is 5. The molecule has 1 aromatic carbocycles. The first-order chi connectivity index (χ1) is 27.1. The quantitative estimate of drug-likeness (QED) is 0.157. The summed E-state index contributed by atoms with van der Waals surface area (Å²) in [5.74, 6) is -2.56. The number of thiazole rings is 1. The van der Waals surface area contributed by atoms with Crippen LogP contribution in [0.2, 0.25) is 0 Å². The summed E-state index contributed by atoms with van der Waals surface area (Å²) in [7, 11) is 6.20. The Balaban J connectivity index is 1.79. The maximum atomic E-state index is 14.3. The number of amides is 5. The molecule has 0 aliphatic carbocycles. The summed E-state index contributed by atoms with van der Waals surface area (Å²) in [5, 5.41) is 11.1. The molecular formula is C42H66N6O8S. The molecule has 0 radical (unpaired) electrons. The van der Waals surface area contributed by atoms with E-state index < -0.39 is 48.3 Å². The second-order valence-corrected chi connectivity index (χ2v) is 16.7. The van der Waals surface area contributed by atoms with Crippen molar-refractivity contribution in [3.8, 4) is 0 Å². The average molecular weight is 815 g/mol. The SMILES string of the molecule is CC[C@H](C)[C@@H]([C@@H](CC(=O)N1CCC[C@H]1[C@H](OC)[C@@H](C)C(=O)N[C@@H](Cc1ccccc1)c1nccs1)OC)N(C)C(=O)[C@@H](NC(=O)[C@@H](OC(=O)NC)C(C)C)C(C)C. The van der Waals surface area contributed by atoms with E-state index in [-0.39, 0.29) is 54.0 Å². The number of benzene rings is 1. The molecule has 2 aromatic rings. The van der Waals surface area contributed by atoms with Crippen molar-refractivity contribution < 1.29 is 38.2 Å². The number of likely N-dealkylation sites (tertiary alicyclic amines) is 1. The number of ether oxygens (including phenoxy) is 3. The van der Waals surface area contributed by atoms with E-state index in [0.29, 0.717) is 25.8 Å². The number of carbonyl (C=O) groups excluding carboxylic acids is 5. The fourth-order valence-electron chi connectivity index (χ4n) is 7.70. The highest BCUT2D eigenvalue weighted by Gasteiger charge is 2.43. The van der Waals surface area contributed by atoms with Gasteiger partial charge in [-0.05, 0) is 42.6 Å². The van der Waals surface area contributed by atoms with Crippen molar-refractivity contribution in [3.63, 3.8) is 0 Å². The molecule has 3 rings (SSSR count). The molecule has 3 N–H and O–H groups in total. The lowest BCUT2D eigenvalue weighted by molar-refractivity contribution is -0.148. The van der Waals surface area contributed by atoms with Crippen LogP contribution in [0.15, 0.2) is 41.9 Å². The molecule has 0 bridgehead atoms. The lowest BCUT2D eigenvalue weighted by Crippen LogP contribution is -2.59. The molecule has 15 heteroatoms. The molecule has 57 heavy (non-hydrogen) atoms. The smallest absolute Gasteiger partial charge is 0.407 e. The van der Waals surface area contributed by atoms with Crippen LogP contribution in [-0.2, 0) is 39.8 Å². The molecule has 0 spiro atoms. The summed E-state index contributed by atoms with van der Waals surface area (Å²) in [4.78, 5) is 75.8. The number of alkyl carbamates (subject to hydrolysis) is 1. The number of hydrogen-bond donors (Lipinski definition) is 3. The Hall–Kier alpha value is -4.08. The summed E-state index contributed by atoms with van der Waals surface area (Å²) in [6, 6.07) is 7.83. The molecule has 1 fully saturated rings. The Kier molecular flexibility index (Phi) is 18.9. The zero-order valence-corrected chi connectivity index (χ0v) is 36.5. The van der Waals surface area contributed by atoms with Gasteiger partial charge < -0.3 is 40.0 Å². The lowest BCUT2D eigenvalue weighted by Gasteiger charge is -2.41. The number of nitrogens with one attached hydrogen (secondary N) is 3. The molecule has 5 amide bonds. The van der Waals surface area contributed by atoms with Gasteiger partial charge in [0.25, 0.3) is 5.91 Å². The second-order valence-electron chi connectivity index (χ2n) is 15.8. The maximum Gasteiger partial charge on any atom is 0.407 e. The van der Waals surface area contributed by atoms with Crippen LogP contribution in [0.4, 0.5) is 4.79 Å². The normalized spacial score (nSPS) is 18.5. The number of hydrogen-bond acceptors (Lipinski definition) is 10. The van der Waals surface area contributed by atoms with Crippen LogP contribution in [-0.4, -0.2) is 116 Å². The van der Waals surface area contributed by atoms with E-state index in [1.807, 2.05) is 70.3 Å². The molecule has 0 saturated carbocycles. The van der Waals surface area contributed by atoms with E-state index in [1.165, 1.54) is 25.5 Å². The van der Waals surface area contributed by atoms with Crippen LogP contribution in [0.5, 0.6) is 0 Å². The van der Waals surface area contributed by atoms with Gasteiger partial charge in [0, 0.05) is 46.4 Å². The third-order valence-electron chi connectivity index (χ3n) is 11.1. The Morgan fingerprint density at radius 1 is 0.965 bits per heavy atom. The van der Waals surface area contributed by atoms with Gasteiger partial charge in [-0.3, -0.25) is 19.2 Å². The predicted octanol–water partition coefficient (Wildman–Crippen LogP) is 4.98. The van der Waals surface area contributed by atoms with Crippen molar-refractivity contribution in [3.05, 3.63) is 52.5 Å². The van der Waals surface area contributed by atoms with Crippen LogP contribution in [0.25, 0.3) is 0 Å². The first-order valence-electron chi connectivity index (χ1n) is 20.1. The van der Waals surface area contributed by atoms with E-state index in [0.717, 1.165) is 17.0 Å². The Bertz CT molecular complexity index is 1580. The van der Waals surface area contributed by atoms with E-state index in [4.69, 9.17) is 14.2 Å². The zero-order valence-electron chi connectivity index (χ0n) is 35.7. The van der Waals surface area contributed by atoms with Crippen molar-refractivity contribution in [1.29, 1.82) is 0 Å². The van der Waals surface area contributed by atoms with Crippen molar-refractivity contribution in [1.82, 2.24) is 30.7 Å². The summed E-state index contributed by atoms with van der Waals surface area (Å²) >= 11 is 1.49. The van der Waals surface area contributed by atoms with E-state index in [1.54, 1.807) is 44.0 Å². The number of methoxy groups -OCH3 is 2. The van der Waals surface area contributed by atoms with Gasteiger partial charge in [-0.2, -0.15) is 0 Å².